The first-order chi connectivity index (χ1) is 7.58. The van der Waals surface area contributed by atoms with E-state index in [0.717, 1.165) is 6.54 Å². The molecule has 2 N–H and O–H groups in total. The summed E-state index contributed by atoms with van der Waals surface area (Å²) in [6.07, 6.45) is 1.24. The van der Waals surface area contributed by atoms with E-state index >= 15 is 0 Å². The Labute approximate surface area is 110 Å². The zero-order valence-corrected chi connectivity index (χ0v) is 12.2. The van der Waals surface area contributed by atoms with Crippen LogP contribution in [0.15, 0.2) is 15.9 Å². The number of hydrogen-bond donors (Lipinski definition) is 1. The van der Waals surface area contributed by atoms with E-state index in [0.29, 0.717) is 18.0 Å². The molecule has 4 heteroatoms. The molecule has 0 aliphatic carbocycles. The van der Waals surface area contributed by atoms with Crippen molar-refractivity contribution < 1.29 is 0 Å². The van der Waals surface area contributed by atoms with Gasteiger partial charge in [-0.2, -0.15) is 0 Å². The second-order valence-electron chi connectivity index (χ2n) is 4.75. The fourth-order valence-corrected chi connectivity index (χ4v) is 3.86. The molecule has 1 saturated heterocycles. The van der Waals surface area contributed by atoms with Crippen molar-refractivity contribution in [2.24, 2.45) is 11.7 Å². The van der Waals surface area contributed by atoms with E-state index in [9.17, 15) is 0 Å². The largest absolute Gasteiger partial charge is 0.328 e. The molecule has 0 spiro atoms. The molecule has 0 bridgehead atoms. The maximum absolute atomic E-state index is 5.97. The van der Waals surface area contributed by atoms with Crippen LogP contribution in [0.3, 0.4) is 0 Å². The lowest BCUT2D eigenvalue weighted by Crippen LogP contribution is -2.30. The molecule has 16 heavy (non-hydrogen) atoms. The van der Waals surface area contributed by atoms with Gasteiger partial charge in [0, 0.05) is 33.4 Å². The Kier molecular flexibility index (Phi) is 4.06. The summed E-state index contributed by atoms with van der Waals surface area (Å²) < 4.78 is 1.20. The average Bonchev–Trinajstić information content (AvgIpc) is 2.84. The number of nitrogens with two attached hydrogens (primary N) is 1. The van der Waals surface area contributed by atoms with Gasteiger partial charge in [0.15, 0.2) is 0 Å². The van der Waals surface area contributed by atoms with E-state index in [1.165, 1.54) is 22.3 Å². The third-order valence-electron chi connectivity index (χ3n) is 3.55. The van der Waals surface area contributed by atoms with Crippen molar-refractivity contribution in [1.29, 1.82) is 0 Å². The minimum absolute atomic E-state index is 0.326. The molecule has 0 amide bonds. The smallest absolute Gasteiger partial charge is 0.0413 e. The van der Waals surface area contributed by atoms with Gasteiger partial charge >= 0.3 is 0 Å². The molecule has 1 fully saturated rings. The van der Waals surface area contributed by atoms with Gasteiger partial charge in [0.2, 0.25) is 0 Å². The van der Waals surface area contributed by atoms with Gasteiger partial charge in [0.1, 0.15) is 0 Å². The summed E-state index contributed by atoms with van der Waals surface area (Å²) in [5.74, 6) is 0.672. The number of nitrogens with zero attached hydrogens (tertiary/aromatic N) is 1. The molecular formula is C12H19BrN2S. The molecule has 3 atom stereocenters. The highest BCUT2D eigenvalue weighted by Crippen LogP contribution is 2.32. The molecule has 0 saturated carbocycles. The van der Waals surface area contributed by atoms with Crippen molar-refractivity contribution >= 4 is 27.3 Å². The van der Waals surface area contributed by atoms with E-state index in [2.05, 4.69) is 46.1 Å². The van der Waals surface area contributed by atoms with Crippen LogP contribution in [0.2, 0.25) is 0 Å². The number of rotatable bonds is 3. The Hall–Kier alpha value is 0.1000. The molecular weight excluding hydrogens is 284 g/mol. The predicted octanol–water partition coefficient (Wildman–Crippen LogP) is 3.24. The summed E-state index contributed by atoms with van der Waals surface area (Å²) in [7, 11) is 0. The van der Waals surface area contributed by atoms with Crippen LogP contribution < -0.4 is 5.73 Å². The van der Waals surface area contributed by atoms with Crippen LogP contribution in [0.1, 0.15) is 31.2 Å². The van der Waals surface area contributed by atoms with Gasteiger partial charge in [-0.05, 0) is 54.7 Å². The maximum Gasteiger partial charge on any atom is 0.0413 e. The predicted molar refractivity (Wildman–Crippen MR) is 73.8 cm³/mol. The molecule has 2 rings (SSSR count). The van der Waals surface area contributed by atoms with Crippen molar-refractivity contribution in [2.45, 2.75) is 32.4 Å². The second kappa shape index (κ2) is 5.17. The first-order valence-electron chi connectivity index (χ1n) is 5.81. The quantitative estimate of drug-likeness (QED) is 0.929. The summed E-state index contributed by atoms with van der Waals surface area (Å²) in [5, 5.41) is 2.16. The lowest BCUT2D eigenvalue weighted by Gasteiger charge is -2.24. The highest BCUT2D eigenvalue weighted by Gasteiger charge is 2.29. The first kappa shape index (κ1) is 12.6. The molecule has 90 valence electrons. The minimum Gasteiger partial charge on any atom is -0.328 e. The summed E-state index contributed by atoms with van der Waals surface area (Å²) >= 11 is 5.35. The van der Waals surface area contributed by atoms with Crippen molar-refractivity contribution in [3.8, 4) is 0 Å². The third kappa shape index (κ3) is 2.67. The van der Waals surface area contributed by atoms with Crippen molar-refractivity contribution in [3.63, 3.8) is 0 Å². The highest BCUT2D eigenvalue weighted by atomic mass is 79.9. The molecule has 0 aromatic carbocycles. The van der Waals surface area contributed by atoms with Gasteiger partial charge in [-0.1, -0.05) is 0 Å². The summed E-state index contributed by atoms with van der Waals surface area (Å²) in [4.78, 5) is 3.99. The lowest BCUT2D eigenvalue weighted by molar-refractivity contribution is 0.251. The van der Waals surface area contributed by atoms with Gasteiger partial charge in [-0.25, -0.2) is 0 Å². The monoisotopic (exact) mass is 302 g/mol. The van der Waals surface area contributed by atoms with Crippen molar-refractivity contribution in [3.05, 3.63) is 20.8 Å². The van der Waals surface area contributed by atoms with Crippen LogP contribution in [0.4, 0.5) is 0 Å². The van der Waals surface area contributed by atoms with Crippen LogP contribution in [0.25, 0.3) is 0 Å². The van der Waals surface area contributed by atoms with Gasteiger partial charge in [0.25, 0.3) is 0 Å². The Morgan fingerprint density at radius 2 is 2.31 bits per heavy atom. The summed E-state index contributed by atoms with van der Waals surface area (Å²) in [6, 6.07) is 3.08. The summed E-state index contributed by atoms with van der Waals surface area (Å²) in [6.45, 7) is 6.75. The standard InChI is InChI=1S/C12H19BrN2S/c1-8(14)10-3-4-15(6-10)9(2)12-5-11(13)7-16-12/h5,7-10H,3-4,6,14H2,1-2H3. The molecule has 2 nitrogen and oxygen atoms in total. The zero-order valence-electron chi connectivity index (χ0n) is 9.82. The van der Waals surface area contributed by atoms with E-state index in [4.69, 9.17) is 5.73 Å². The SMILES string of the molecule is CC(N)C1CCN(C(C)c2cc(Br)cs2)C1. The van der Waals surface area contributed by atoms with Gasteiger partial charge in [-0.15, -0.1) is 11.3 Å². The zero-order chi connectivity index (χ0) is 11.7. The van der Waals surface area contributed by atoms with E-state index < -0.39 is 0 Å². The number of likely N-dealkylation sites (tertiary alicyclic amines) is 1. The maximum atomic E-state index is 5.97. The fraction of sp³-hybridized carbons (Fsp3) is 0.667. The number of thiophene rings is 1. The molecule has 1 aromatic rings. The third-order valence-corrected chi connectivity index (χ3v) is 5.41. The highest BCUT2D eigenvalue weighted by molar-refractivity contribution is 9.10. The topological polar surface area (TPSA) is 29.3 Å². The fourth-order valence-electron chi connectivity index (χ4n) is 2.32. The van der Waals surface area contributed by atoms with Crippen LogP contribution in [0, 0.1) is 5.92 Å². The van der Waals surface area contributed by atoms with Gasteiger partial charge in [-0.3, -0.25) is 4.90 Å². The van der Waals surface area contributed by atoms with Crippen molar-refractivity contribution in [1.82, 2.24) is 4.90 Å². The Balaban J connectivity index is 1.99. The summed E-state index contributed by atoms with van der Waals surface area (Å²) in [5.41, 5.74) is 5.97. The number of hydrogen-bond acceptors (Lipinski definition) is 3. The van der Waals surface area contributed by atoms with Crippen molar-refractivity contribution in [2.75, 3.05) is 13.1 Å². The number of halogens is 1. The van der Waals surface area contributed by atoms with E-state index in [1.807, 2.05) is 11.3 Å². The van der Waals surface area contributed by atoms with Gasteiger partial charge < -0.3 is 5.73 Å². The normalized spacial score (nSPS) is 25.9. The van der Waals surface area contributed by atoms with Crippen LogP contribution in [-0.2, 0) is 0 Å². The average molecular weight is 303 g/mol. The molecule has 1 aliphatic rings. The first-order valence-corrected chi connectivity index (χ1v) is 7.48. The Morgan fingerprint density at radius 1 is 1.56 bits per heavy atom. The molecule has 1 aliphatic heterocycles. The van der Waals surface area contributed by atoms with Crippen LogP contribution >= 0.6 is 27.3 Å². The van der Waals surface area contributed by atoms with E-state index in [1.54, 1.807) is 0 Å². The van der Waals surface area contributed by atoms with Gasteiger partial charge in [0.05, 0.1) is 0 Å². The lowest BCUT2D eigenvalue weighted by atomic mass is 10.0. The molecule has 3 unspecified atom stereocenters. The molecule has 2 heterocycles. The van der Waals surface area contributed by atoms with Crippen LogP contribution in [-0.4, -0.2) is 24.0 Å². The van der Waals surface area contributed by atoms with E-state index in [-0.39, 0.29) is 0 Å². The Morgan fingerprint density at radius 3 is 2.81 bits per heavy atom. The Bertz CT molecular complexity index is 351. The molecule has 1 aromatic heterocycles. The molecule has 0 radical (unpaired) electrons. The second-order valence-corrected chi connectivity index (χ2v) is 6.60. The minimum atomic E-state index is 0.326. The van der Waals surface area contributed by atoms with Crippen LogP contribution in [0.5, 0.6) is 0 Å².